The van der Waals surface area contributed by atoms with Crippen LogP contribution < -0.4 is 5.32 Å². The minimum absolute atomic E-state index is 0.0579. The molecule has 0 radical (unpaired) electrons. The highest BCUT2D eigenvalue weighted by Crippen LogP contribution is 2.27. The molecule has 4 atom stereocenters. The largest absolute Gasteiger partial charge is 0.391 e. The van der Waals surface area contributed by atoms with Gasteiger partial charge in [-0.05, 0) is 20.8 Å². The van der Waals surface area contributed by atoms with Gasteiger partial charge in [0.2, 0.25) is 0 Å². The van der Waals surface area contributed by atoms with Gasteiger partial charge in [0.25, 0.3) is 0 Å². The van der Waals surface area contributed by atoms with Crippen LogP contribution >= 0.6 is 27.7 Å². The van der Waals surface area contributed by atoms with Crippen LogP contribution in [0.3, 0.4) is 0 Å². The van der Waals surface area contributed by atoms with Gasteiger partial charge >= 0.3 is 0 Å². The smallest absolute Gasteiger partial charge is 0.157 e. The second-order valence-electron chi connectivity index (χ2n) is 3.66. The average molecular weight is 281 g/mol. The third-order valence-corrected chi connectivity index (χ3v) is 4.78. The summed E-state index contributed by atoms with van der Waals surface area (Å²) >= 11 is 5.21. The van der Waals surface area contributed by atoms with E-state index in [1.165, 1.54) is 0 Å². The van der Waals surface area contributed by atoms with Crippen LogP contribution in [0.4, 0.5) is 0 Å². The first-order valence-electron chi connectivity index (χ1n) is 4.79. The van der Waals surface area contributed by atoms with E-state index >= 15 is 0 Å². The van der Waals surface area contributed by atoms with Crippen molar-refractivity contribution in [1.29, 1.82) is 0 Å². The predicted octanol–water partition coefficient (Wildman–Crippen LogP) is 1.60. The lowest BCUT2D eigenvalue weighted by Gasteiger charge is -2.17. The van der Waals surface area contributed by atoms with Crippen LogP contribution in [0.1, 0.15) is 20.8 Å². The van der Waals surface area contributed by atoms with Crippen LogP contribution in [-0.4, -0.2) is 39.0 Å². The van der Waals surface area contributed by atoms with Gasteiger partial charge in [-0.15, -0.1) is 0 Å². The fourth-order valence-electron chi connectivity index (χ4n) is 1.09. The first-order valence-corrected chi connectivity index (χ1v) is 6.79. The highest BCUT2D eigenvalue weighted by Gasteiger charge is 2.26. The Morgan fingerprint density at radius 3 is 2.71 bits per heavy atom. The summed E-state index contributed by atoms with van der Waals surface area (Å²) in [7, 11) is 0. The van der Waals surface area contributed by atoms with Crippen molar-refractivity contribution < 1.29 is 5.11 Å². The lowest BCUT2D eigenvalue weighted by molar-refractivity contribution is 0.162. The van der Waals surface area contributed by atoms with Crippen molar-refractivity contribution in [3.63, 3.8) is 0 Å². The molecule has 4 unspecified atom stereocenters. The zero-order valence-electron chi connectivity index (χ0n) is 8.70. The molecule has 0 spiro atoms. The van der Waals surface area contributed by atoms with Gasteiger partial charge in [-0.1, -0.05) is 27.7 Å². The van der Waals surface area contributed by atoms with Gasteiger partial charge < -0.3 is 10.4 Å². The van der Waals surface area contributed by atoms with E-state index in [-0.39, 0.29) is 12.1 Å². The highest BCUT2D eigenvalue weighted by molar-refractivity contribution is 9.09. The van der Waals surface area contributed by atoms with Gasteiger partial charge in [0.15, 0.2) is 5.17 Å². The van der Waals surface area contributed by atoms with Crippen LogP contribution in [0.15, 0.2) is 4.99 Å². The maximum Gasteiger partial charge on any atom is 0.157 e. The second kappa shape index (κ2) is 5.37. The van der Waals surface area contributed by atoms with Crippen molar-refractivity contribution in [3.8, 4) is 0 Å². The molecule has 0 amide bonds. The molecule has 0 aromatic carbocycles. The standard InChI is InChI=1S/C9H17BrN2OS/c1-5(7(3)13)11-9-12-6(2)8(4-10)14-9/h5-8,13H,4H2,1-3H3,(H,11,12). The summed E-state index contributed by atoms with van der Waals surface area (Å²) in [4.78, 5) is 4.49. The Balaban J connectivity index is 2.44. The summed E-state index contributed by atoms with van der Waals surface area (Å²) in [6.45, 7) is 5.85. The average Bonchev–Trinajstić information content (AvgIpc) is 2.45. The Labute approximate surface area is 97.9 Å². The van der Waals surface area contributed by atoms with Crippen LogP contribution in [0.2, 0.25) is 0 Å². The van der Waals surface area contributed by atoms with Gasteiger partial charge in [0, 0.05) is 10.6 Å². The molecule has 0 fully saturated rings. The number of hydrogen-bond acceptors (Lipinski definition) is 4. The fourth-order valence-corrected chi connectivity index (χ4v) is 3.11. The number of aliphatic hydroxyl groups is 1. The summed E-state index contributed by atoms with van der Waals surface area (Å²) in [5, 5.41) is 15.0. The minimum atomic E-state index is -0.350. The Bertz CT molecular complexity index is 223. The highest BCUT2D eigenvalue weighted by atomic mass is 79.9. The Kier molecular flexibility index (Phi) is 4.73. The van der Waals surface area contributed by atoms with Gasteiger partial charge in [-0.2, -0.15) is 0 Å². The molecule has 0 saturated heterocycles. The Morgan fingerprint density at radius 2 is 2.29 bits per heavy atom. The van der Waals surface area contributed by atoms with Gasteiger partial charge in [0.1, 0.15) is 0 Å². The van der Waals surface area contributed by atoms with Crippen molar-refractivity contribution in [2.75, 3.05) is 5.33 Å². The summed E-state index contributed by atoms with van der Waals surface area (Å²) in [5.74, 6) is 0. The minimum Gasteiger partial charge on any atom is -0.391 e. The molecule has 5 heteroatoms. The van der Waals surface area contributed by atoms with E-state index < -0.39 is 0 Å². The lowest BCUT2D eigenvalue weighted by atomic mass is 10.2. The first kappa shape index (κ1) is 12.3. The van der Waals surface area contributed by atoms with Crippen molar-refractivity contribution in [2.24, 2.45) is 4.99 Å². The predicted molar refractivity (Wildman–Crippen MR) is 66.3 cm³/mol. The van der Waals surface area contributed by atoms with Crippen LogP contribution in [0.5, 0.6) is 0 Å². The molecule has 14 heavy (non-hydrogen) atoms. The number of amidine groups is 1. The number of nitrogens with zero attached hydrogens (tertiary/aromatic N) is 1. The maximum atomic E-state index is 9.33. The zero-order valence-corrected chi connectivity index (χ0v) is 11.1. The second-order valence-corrected chi connectivity index (χ2v) is 5.53. The van der Waals surface area contributed by atoms with Gasteiger partial charge in [-0.25, -0.2) is 0 Å². The monoisotopic (exact) mass is 280 g/mol. The number of alkyl halides is 1. The number of aliphatic hydroxyl groups excluding tert-OH is 1. The summed E-state index contributed by atoms with van der Waals surface area (Å²) in [5.41, 5.74) is 0. The third kappa shape index (κ3) is 3.14. The quantitative estimate of drug-likeness (QED) is 0.772. The number of rotatable bonds is 3. The topological polar surface area (TPSA) is 44.6 Å². The third-order valence-electron chi connectivity index (χ3n) is 2.35. The molecular weight excluding hydrogens is 264 g/mol. The molecule has 82 valence electrons. The Hall–Kier alpha value is 0.260. The number of hydrogen-bond donors (Lipinski definition) is 2. The summed E-state index contributed by atoms with van der Waals surface area (Å²) in [6, 6.07) is 0.408. The van der Waals surface area contributed by atoms with Crippen molar-refractivity contribution in [2.45, 2.75) is 44.2 Å². The molecule has 3 nitrogen and oxygen atoms in total. The molecule has 1 heterocycles. The number of aliphatic imine (C=N–C) groups is 1. The zero-order chi connectivity index (χ0) is 10.7. The van der Waals surface area contributed by atoms with Crippen LogP contribution in [0, 0.1) is 0 Å². The van der Waals surface area contributed by atoms with E-state index in [0.29, 0.717) is 11.3 Å². The number of thioether (sulfide) groups is 1. The number of nitrogens with one attached hydrogen (secondary N) is 1. The van der Waals surface area contributed by atoms with Gasteiger partial charge in [0.05, 0.1) is 18.2 Å². The molecular formula is C9H17BrN2OS. The normalized spacial score (nSPS) is 31.1. The molecule has 0 aromatic heterocycles. The fraction of sp³-hybridized carbons (Fsp3) is 0.889. The number of halogens is 1. The molecule has 0 aliphatic carbocycles. The summed E-state index contributed by atoms with van der Waals surface area (Å²) in [6.07, 6.45) is -0.350. The summed E-state index contributed by atoms with van der Waals surface area (Å²) < 4.78 is 0. The van der Waals surface area contributed by atoms with E-state index in [0.717, 1.165) is 10.5 Å². The molecule has 0 saturated carbocycles. The van der Waals surface area contributed by atoms with E-state index in [2.05, 4.69) is 33.2 Å². The Morgan fingerprint density at radius 1 is 1.64 bits per heavy atom. The van der Waals surface area contributed by atoms with E-state index in [1.54, 1.807) is 18.7 Å². The molecule has 2 N–H and O–H groups in total. The van der Waals surface area contributed by atoms with Crippen molar-refractivity contribution in [1.82, 2.24) is 5.32 Å². The molecule has 0 bridgehead atoms. The van der Waals surface area contributed by atoms with Gasteiger partial charge in [-0.3, -0.25) is 4.99 Å². The lowest BCUT2D eigenvalue weighted by Crippen LogP contribution is -2.38. The van der Waals surface area contributed by atoms with E-state index in [9.17, 15) is 5.11 Å². The maximum absolute atomic E-state index is 9.33. The van der Waals surface area contributed by atoms with Crippen LogP contribution in [0.25, 0.3) is 0 Å². The van der Waals surface area contributed by atoms with Crippen molar-refractivity contribution in [3.05, 3.63) is 0 Å². The molecule has 1 aliphatic rings. The SMILES string of the molecule is CC(O)C(C)NC1=NC(C)C(CBr)S1. The molecule has 1 rings (SSSR count). The molecule has 1 aliphatic heterocycles. The first-order chi connectivity index (χ1) is 6.54. The van der Waals surface area contributed by atoms with Crippen LogP contribution in [-0.2, 0) is 0 Å². The van der Waals surface area contributed by atoms with Crippen molar-refractivity contribution >= 4 is 32.9 Å². The van der Waals surface area contributed by atoms with E-state index in [4.69, 9.17) is 0 Å². The molecule has 0 aromatic rings. The van der Waals surface area contributed by atoms with E-state index in [1.807, 2.05) is 6.92 Å².